The van der Waals surface area contributed by atoms with Crippen LogP contribution in [0.5, 0.6) is 0 Å². The van der Waals surface area contributed by atoms with Gasteiger partial charge in [0.2, 0.25) is 11.8 Å². The van der Waals surface area contributed by atoms with E-state index in [2.05, 4.69) is 5.32 Å². The SMILES string of the molecule is CCN(CC(=O)NC(C)C)C(=O)CN(C)CCCN. The van der Waals surface area contributed by atoms with Gasteiger partial charge in [0.15, 0.2) is 0 Å². The molecule has 0 aromatic carbocycles. The number of hydrogen-bond acceptors (Lipinski definition) is 4. The topological polar surface area (TPSA) is 78.7 Å². The molecule has 0 aliphatic carbocycles. The van der Waals surface area contributed by atoms with Crippen LogP contribution in [0.25, 0.3) is 0 Å². The van der Waals surface area contributed by atoms with Gasteiger partial charge in [0.05, 0.1) is 13.1 Å². The fourth-order valence-corrected chi connectivity index (χ4v) is 1.69. The average molecular weight is 272 g/mol. The molecule has 3 N–H and O–H groups in total. The number of carbonyl (C=O) groups excluding carboxylic acids is 2. The number of nitrogens with zero attached hydrogens (tertiary/aromatic N) is 2. The maximum Gasteiger partial charge on any atom is 0.239 e. The van der Waals surface area contributed by atoms with Gasteiger partial charge in [-0.05, 0) is 47.3 Å². The van der Waals surface area contributed by atoms with Crippen molar-refractivity contribution in [3.8, 4) is 0 Å². The van der Waals surface area contributed by atoms with E-state index in [9.17, 15) is 9.59 Å². The molecule has 19 heavy (non-hydrogen) atoms. The van der Waals surface area contributed by atoms with Crippen LogP contribution in [0.15, 0.2) is 0 Å². The van der Waals surface area contributed by atoms with Crippen LogP contribution in [0, 0.1) is 0 Å². The predicted octanol–water partition coefficient (Wildman–Crippen LogP) is -0.360. The molecule has 0 heterocycles. The molecule has 112 valence electrons. The summed E-state index contributed by atoms with van der Waals surface area (Å²) in [6.07, 6.45) is 0.865. The summed E-state index contributed by atoms with van der Waals surface area (Å²) in [6.45, 7) is 8.06. The monoisotopic (exact) mass is 272 g/mol. The van der Waals surface area contributed by atoms with Crippen LogP contribution in [0.4, 0.5) is 0 Å². The van der Waals surface area contributed by atoms with Gasteiger partial charge in [-0.25, -0.2) is 0 Å². The van der Waals surface area contributed by atoms with Gasteiger partial charge in [-0.2, -0.15) is 0 Å². The molecule has 0 atom stereocenters. The highest BCUT2D eigenvalue weighted by Crippen LogP contribution is 1.94. The van der Waals surface area contributed by atoms with Crippen LogP contribution in [0.2, 0.25) is 0 Å². The van der Waals surface area contributed by atoms with Gasteiger partial charge in [0, 0.05) is 12.6 Å². The first kappa shape index (κ1) is 17.9. The summed E-state index contributed by atoms with van der Waals surface area (Å²) >= 11 is 0. The molecule has 0 aliphatic heterocycles. The molecule has 0 saturated carbocycles. The van der Waals surface area contributed by atoms with Crippen LogP contribution in [-0.2, 0) is 9.59 Å². The van der Waals surface area contributed by atoms with Crippen molar-refractivity contribution in [3.63, 3.8) is 0 Å². The maximum atomic E-state index is 12.0. The highest BCUT2D eigenvalue weighted by molar-refractivity contribution is 5.85. The molecular weight excluding hydrogens is 244 g/mol. The van der Waals surface area contributed by atoms with E-state index in [4.69, 9.17) is 5.73 Å². The summed E-state index contributed by atoms with van der Waals surface area (Å²) in [5.41, 5.74) is 5.43. The van der Waals surface area contributed by atoms with E-state index in [1.165, 1.54) is 0 Å². The number of carbonyl (C=O) groups is 2. The van der Waals surface area contributed by atoms with E-state index in [0.717, 1.165) is 13.0 Å². The largest absolute Gasteiger partial charge is 0.352 e. The van der Waals surface area contributed by atoms with Crippen LogP contribution < -0.4 is 11.1 Å². The predicted molar refractivity (Wildman–Crippen MR) is 76.7 cm³/mol. The molecule has 0 aromatic rings. The zero-order valence-electron chi connectivity index (χ0n) is 12.6. The second kappa shape index (κ2) is 9.75. The molecule has 6 nitrogen and oxygen atoms in total. The quantitative estimate of drug-likeness (QED) is 0.601. The molecule has 0 unspecified atom stereocenters. The smallest absolute Gasteiger partial charge is 0.239 e. The molecule has 6 heteroatoms. The number of hydrogen-bond donors (Lipinski definition) is 2. The molecule has 0 aromatic heterocycles. The second-order valence-corrected chi connectivity index (χ2v) is 5.01. The van der Waals surface area contributed by atoms with E-state index < -0.39 is 0 Å². The third-order valence-electron chi connectivity index (χ3n) is 2.67. The first-order valence-corrected chi connectivity index (χ1v) is 6.86. The third-order valence-corrected chi connectivity index (χ3v) is 2.67. The zero-order chi connectivity index (χ0) is 14.8. The molecule has 2 amide bonds. The van der Waals surface area contributed by atoms with Crippen molar-refractivity contribution in [3.05, 3.63) is 0 Å². The van der Waals surface area contributed by atoms with Gasteiger partial charge in [0.1, 0.15) is 0 Å². The van der Waals surface area contributed by atoms with Gasteiger partial charge in [-0.15, -0.1) is 0 Å². The summed E-state index contributed by atoms with van der Waals surface area (Å²) in [4.78, 5) is 27.2. The molecule has 0 aliphatic rings. The number of nitrogens with two attached hydrogens (primary N) is 1. The minimum absolute atomic E-state index is 0.0269. The normalized spacial score (nSPS) is 10.9. The minimum Gasteiger partial charge on any atom is -0.352 e. The summed E-state index contributed by atoms with van der Waals surface area (Å²) in [6, 6.07) is 0.0912. The zero-order valence-corrected chi connectivity index (χ0v) is 12.6. The van der Waals surface area contributed by atoms with E-state index in [1.807, 2.05) is 32.7 Å². The summed E-state index contributed by atoms with van der Waals surface area (Å²) < 4.78 is 0. The Kier molecular flexibility index (Phi) is 9.16. The Hall–Kier alpha value is -1.14. The van der Waals surface area contributed by atoms with E-state index >= 15 is 0 Å². The molecule has 0 saturated heterocycles. The lowest BCUT2D eigenvalue weighted by Gasteiger charge is -2.24. The summed E-state index contributed by atoms with van der Waals surface area (Å²) in [5.74, 6) is -0.143. The van der Waals surface area contributed by atoms with Crippen molar-refractivity contribution in [2.24, 2.45) is 5.73 Å². The molecule has 0 fully saturated rings. The Morgan fingerprint density at radius 1 is 1.26 bits per heavy atom. The van der Waals surface area contributed by atoms with Gasteiger partial charge < -0.3 is 16.0 Å². The van der Waals surface area contributed by atoms with Crippen LogP contribution in [0.3, 0.4) is 0 Å². The Morgan fingerprint density at radius 2 is 1.89 bits per heavy atom. The van der Waals surface area contributed by atoms with Crippen molar-refractivity contribution < 1.29 is 9.59 Å². The van der Waals surface area contributed by atoms with Gasteiger partial charge >= 0.3 is 0 Å². The van der Waals surface area contributed by atoms with E-state index in [1.54, 1.807) is 4.90 Å². The Labute approximate surface area is 116 Å². The van der Waals surface area contributed by atoms with Crippen molar-refractivity contribution in [1.29, 1.82) is 0 Å². The molecular formula is C13H28N4O2. The average Bonchev–Trinajstić information content (AvgIpc) is 2.32. The number of likely N-dealkylation sites (N-methyl/N-ethyl adjacent to an activating group) is 2. The van der Waals surface area contributed by atoms with Crippen LogP contribution in [0.1, 0.15) is 27.2 Å². The molecule has 0 rings (SSSR count). The van der Waals surface area contributed by atoms with E-state index in [-0.39, 0.29) is 24.4 Å². The van der Waals surface area contributed by atoms with Crippen molar-refractivity contribution in [2.45, 2.75) is 33.2 Å². The minimum atomic E-state index is -0.116. The lowest BCUT2D eigenvalue weighted by molar-refractivity contribution is -0.136. The lowest BCUT2D eigenvalue weighted by atomic mass is 10.3. The number of amides is 2. The fraction of sp³-hybridized carbons (Fsp3) is 0.846. The lowest BCUT2D eigenvalue weighted by Crippen LogP contribution is -2.45. The number of rotatable bonds is 9. The van der Waals surface area contributed by atoms with Crippen molar-refractivity contribution in [1.82, 2.24) is 15.1 Å². The third kappa shape index (κ3) is 8.56. The maximum absolute atomic E-state index is 12.0. The highest BCUT2D eigenvalue weighted by Gasteiger charge is 2.17. The van der Waals surface area contributed by atoms with Crippen molar-refractivity contribution >= 4 is 11.8 Å². The van der Waals surface area contributed by atoms with Gasteiger partial charge in [-0.3, -0.25) is 14.5 Å². The Morgan fingerprint density at radius 3 is 2.37 bits per heavy atom. The van der Waals surface area contributed by atoms with E-state index in [0.29, 0.717) is 19.6 Å². The summed E-state index contributed by atoms with van der Waals surface area (Å²) in [7, 11) is 1.88. The Bertz CT molecular complexity index is 282. The van der Waals surface area contributed by atoms with Crippen molar-refractivity contribution in [2.75, 3.05) is 39.8 Å². The fourth-order valence-electron chi connectivity index (χ4n) is 1.69. The first-order valence-electron chi connectivity index (χ1n) is 6.86. The molecule has 0 radical (unpaired) electrons. The number of nitrogens with one attached hydrogen (secondary N) is 1. The second-order valence-electron chi connectivity index (χ2n) is 5.01. The van der Waals surface area contributed by atoms with Gasteiger partial charge in [-0.1, -0.05) is 0 Å². The van der Waals surface area contributed by atoms with Gasteiger partial charge in [0.25, 0.3) is 0 Å². The molecule has 0 bridgehead atoms. The summed E-state index contributed by atoms with van der Waals surface area (Å²) in [5, 5.41) is 2.79. The van der Waals surface area contributed by atoms with Crippen LogP contribution >= 0.6 is 0 Å². The highest BCUT2D eigenvalue weighted by atomic mass is 16.2. The first-order chi connectivity index (χ1) is 8.90. The molecule has 0 spiro atoms. The Balaban J connectivity index is 4.20. The standard InChI is InChI=1S/C13H28N4O2/c1-5-17(9-12(18)15-11(2)3)13(19)10-16(4)8-6-7-14/h11H,5-10,14H2,1-4H3,(H,15,18). The van der Waals surface area contributed by atoms with Crippen LogP contribution in [-0.4, -0.2) is 67.4 Å².